The van der Waals surface area contributed by atoms with E-state index < -0.39 is 11.9 Å². The Kier molecular flexibility index (Phi) is 8.29. The predicted molar refractivity (Wildman–Crippen MR) is 108 cm³/mol. The minimum Gasteiger partial charge on any atom is -0.462 e. The minimum absolute atomic E-state index is 0.0959. The van der Waals surface area contributed by atoms with E-state index in [4.69, 9.17) is 9.47 Å². The SMILES string of the molecule is CCOC(=O)C(C(=O)OCC)=C(/C=C(/c1ccccc1)C(C)(C)C)N(C)C. The topological polar surface area (TPSA) is 55.8 Å². The molecule has 1 rings (SSSR count). The zero-order valence-electron chi connectivity index (χ0n) is 17.5. The quantitative estimate of drug-likeness (QED) is 0.237. The Morgan fingerprint density at radius 3 is 1.81 bits per heavy atom. The maximum absolute atomic E-state index is 12.5. The summed E-state index contributed by atoms with van der Waals surface area (Å²) < 4.78 is 10.2. The standard InChI is InChI=1S/C22H31NO4/c1-8-26-20(24)19(21(25)27-9-2)18(23(6)7)15-17(22(3,4)5)16-13-11-10-12-14-16/h10-15H,8-9H2,1-7H3/b17-15-. The molecule has 0 aliphatic carbocycles. The third-order valence-electron chi connectivity index (χ3n) is 3.87. The molecule has 0 aliphatic heterocycles. The summed E-state index contributed by atoms with van der Waals surface area (Å²) in [4.78, 5) is 26.8. The van der Waals surface area contributed by atoms with Crippen molar-refractivity contribution in [3.8, 4) is 0 Å². The summed E-state index contributed by atoms with van der Waals surface area (Å²) in [6.45, 7) is 10.0. The molecule has 148 valence electrons. The Labute approximate surface area is 162 Å². The summed E-state index contributed by atoms with van der Waals surface area (Å²) in [5, 5.41) is 0. The summed E-state index contributed by atoms with van der Waals surface area (Å²) in [5.74, 6) is -1.37. The lowest BCUT2D eigenvalue weighted by atomic mass is 9.81. The number of hydrogen-bond donors (Lipinski definition) is 0. The van der Waals surface area contributed by atoms with E-state index in [1.807, 2.05) is 36.4 Å². The highest BCUT2D eigenvalue weighted by Gasteiger charge is 2.28. The van der Waals surface area contributed by atoms with Gasteiger partial charge in [-0.2, -0.15) is 0 Å². The first-order chi connectivity index (χ1) is 12.6. The van der Waals surface area contributed by atoms with Crippen LogP contribution in [0.4, 0.5) is 0 Å². The molecule has 0 bridgehead atoms. The van der Waals surface area contributed by atoms with Gasteiger partial charge in [0.2, 0.25) is 0 Å². The van der Waals surface area contributed by atoms with Crippen LogP contribution in [0.15, 0.2) is 47.7 Å². The molecule has 0 aliphatic rings. The molecule has 0 saturated heterocycles. The van der Waals surface area contributed by atoms with Crippen molar-refractivity contribution < 1.29 is 19.1 Å². The van der Waals surface area contributed by atoms with E-state index in [2.05, 4.69) is 20.8 Å². The van der Waals surface area contributed by atoms with Gasteiger partial charge < -0.3 is 14.4 Å². The monoisotopic (exact) mass is 373 g/mol. The van der Waals surface area contributed by atoms with Gasteiger partial charge in [-0.3, -0.25) is 0 Å². The number of rotatable bonds is 7. The summed E-state index contributed by atoms with van der Waals surface area (Å²) in [5.41, 5.74) is 2.17. The van der Waals surface area contributed by atoms with Crippen LogP contribution in [0, 0.1) is 5.41 Å². The molecule has 0 atom stereocenters. The van der Waals surface area contributed by atoms with E-state index in [0.29, 0.717) is 5.70 Å². The molecule has 0 spiro atoms. The lowest BCUT2D eigenvalue weighted by molar-refractivity contribution is -0.146. The first kappa shape index (κ1) is 22.5. The molecule has 0 amide bonds. The van der Waals surface area contributed by atoms with Crippen molar-refractivity contribution >= 4 is 17.5 Å². The second-order valence-corrected chi connectivity index (χ2v) is 7.27. The van der Waals surface area contributed by atoms with E-state index in [1.54, 1.807) is 32.8 Å². The van der Waals surface area contributed by atoms with Gasteiger partial charge in [0.25, 0.3) is 0 Å². The van der Waals surface area contributed by atoms with Gasteiger partial charge in [-0.05, 0) is 36.5 Å². The van der Waals surface area contributed by atoms with Crippen molar-refractivity contribution in [3.63, 3.8) is 0 Å². The van der Waals surface area contributed by atoms with Crippen molar-refractivity contribution in [1.29, 1.82) is 0 Å². The van der Waals surface area contributed by atoms with Crippen LogP contribution in [-0.2, 0) is 19.1 Å². The lowest BCUT2D eigenvalue weighted by Crippen LogP contribution is -2.25. The Hall–Kier alpha value is -2.56. The van der Waals surface area contributed by atoms with Gasteiger partial charge in [0.1, 0.15) is 0 Å². The predicted octanol–water partition coefficient (Wildman–Crippen LogP) is 4.06. The molecule has 0 unspecified atom stereocenters. The smallest absolute Gasteiger partial charge is 0.347 e. The van der Waals surface area contributed by atoms with Crippen LogP contribution in [0.5, 0.6) is 0 Å². The lowest BCUT2D eigenvalue weighted by Gasteiger charge is -2.26. The average molecular weight is 373 g/mol. The van der Waals surface area contributed by atoms with Crippen LogP contribution < -0.4 is 0 Å². The number of likely N-dealkylation sites (N-methyl/N-ethyl adjacent to an activating group) is 1. The normalized spacial score (nSPS) is 11.6. The first-order valence-electron chi connectivity index (χ1n) is 9.16. The van der Waals surface area contributed by atoms with Crippen LogP contribution in [-0.4, -0.2) is 44.1 Å². The molecular weight excluding hydrogens is 342 g/mol. The maximum Gasteiger partial charge on any atom is 0.347 e. The van der Waals surface area contributed by atoms with Gasteiger partial charge in [-0.25, -0.2) is 9.59 Å². The zero-order chi connectivity index (χ0) is 20.6. The van der Waals surface area contributed by atoms with E-state index >= 15 is 0 Å². The van der Waals surface area contributed by atoms with Crippen molar-refractivity contribution in [1.82, 2.24) is 4.90 Å². The number of carbonyl (C=O) groups is 2. The molecule has 0 saturated carbocycles. The van der Waals surface area contributed by atoms with Gasteiger partial charge >= 0.3 is 11.9 Å². The fourth-order valence-electron chi connectivity index (χ4n) is 2.61. The average Bonchev–Trinajstić information content (AvgIpc) is 2.58. The second kappa shape index (κ2) is 9.95. The maximum atomic E-state index is 12.5. The zero-order valence-corrected chi connectivity index (χ0v) is 17.5. The largest absolute Gasteiger partial charge is 0.462 e. The molecule has 1 aromatic rings. The fraction of sp³-hybridized carbons (Fsp3) is 0.455. The number of esters is 2. The number of ether oxygens (including phenoxy) is 2. The van der Waals surface area contributed by atoms with E-state index in [0.717, 1.165) is 11.1 Å². The third-order valence-corrected chi connectivity index (χ3v) is 3.87. The molecule has 27 heavy (non-hydrogen) atoms. The number of allylic oxidation sites excluding steroid dienone is 2. The molecule has 0 aromatic heterocycles. The molecule has 5 heteroatoms. The molecule has 0 N–H and O–H groups in total. The number of benzene rings is 1. The van der Waals surface area contributed by atoms with Crippen LogP contribution in [0.25, 0.3) is 5.57 Å². The molecule has 0 heterocycles. The fourth-order valence-corrected chi connectivity index (χ4v) is 2.61. The Balaban J connectivity index is 3.73. The van der Waals surface area contributed by atoms with Gasteiger partial charge in [-0.1, -0.05) is 51.1 Å². The van der Waals surface area contributed by atoms with E-state index in [-0.39, 0.29) is 24.2 Å². The summed E-state index contributed by atoms with van der Waals surface area (Å²) in [7, 11) is 3.57. The van der Waals surface area contributed by atoms with Crippen molar-refractivity contribution in [2.45, 2.75) is 34.6 Å². The molecule has 0 radical (unpaired) electrons. The van der Waals surface area contributed by atoms with E-state index in [1.165, 1.54) is 0 Å². The Morgan fingerprint density at radius 2 is 1.44 bits per heavy atom. The summed E-state index contributed by atoms with van der Waals surface area (Å²) >= 11 is 0. The molecule has 1 aromatic carbocycles. The Morgan fingerprint density at radius 1 is 0.963 bits per heavy atom. The highest BCUT2D eigenvalue weighted by Crippen LogP contribution is 2.35. The van der Waals surface area contributed by atoms with Gasteiger partial charge in [-0.15, -0.1) is 0 Å². The van der Waals surface area contributed by atoms with Crippen LogP contribution >= 0.6 is 0 Å². The summed E-state index contributed by atoms with van der Waals surface area (Å²) in [6, 6.07) is 9.91. The van der Waals surface area contributed by atoms with Crippen LogP contribution in [0.3, 0.4) is 0 Å². The van der Waals surface area contributed by atoms with Crippen LogP contribution in [0.2, 0.25) is 0 Å². The van der Waals surface area contributed by atoms with Crippen molar-refractivity contribution in [3.05, 3.63) is 53.2 Å². The van der Waals surface area contributed by atoms with Gasteiger partial charge in [0.15, 0.2) is 5.57 Å². The highest BCUT2D eigenvalue weighted by molar-refractivity contribution is 6.15. The minimum atomic E-state index is -0.683. The highest BCUT2D eigenvalue weighted by atomic mass is 16.6. The summed E-state index contributed by atoms with van der Waals surface area (Å²) in [6.07, 6.45) is 1.87. The van der Waals surface area contributed by atoms with Crippen LogP contribution in [0.1, 0.15) is 40.2 Å². The second-order valence-electron chi connectivity index (χ2n) is 7.27. The molecule has 5 nitrogen and oxygen atoms in total. The van der Waals surface area contributed by atoms with Gasteiger partial charge in [0, 0.05) is 14.1 Å². The van der Waals surface area contributed by atoms with Crippen molar-refractivity contribution in [2.75, 3.05) is 27.3 Å². The van der Waals surface area contributed by atoms with Crippen molar-refractivity contribution in [2.24, 2.45) is 5.41 Å². The molecular formula is C22H31NO4. The number of nitrogens with zero attached hydrogens (tertiary/aromatic N) is 1. The first-order valence-corrected chi connectivity index (χ1v) is 9.16. The molecule has 0 fully saturated rings. The number of hydrogen-bond acceptors (Lipinski definition) is 5. The van der Waals surface area contributed by atoms with Gasteiger partial charge in [0.05, 0.1) is 18.9 Å². The third kappa shape index (κ3) is 6.27. The Bertz CT molecular complexity index is 690. The number of carbonyl (C=O) groups excluding carboxylic acids is 2. The van der Waals surface area contributed by atoms with E-state index in [9.17, 15) is 9.59 Å².